The van der Waals surface area contributed by atoms with E-state index in [2.05, 4.69) is 20.4 Å². The molecule has 36 heavy (non-hydrogen) atoms. The molecule has 1 aromatic heterocycles. The fraction of sp³-hybridized carbons (Fsp3) is 0.500. The monoisotopic (exact) mass is 543 g/mol. The van der Waals surface area contributed by atoms with Gasteiger partial charge >= 0.3 is 12.5 Å². The highest BCUT2D eigenvalue weighted by molar-refractivity contribution is 7.92. The summed E-state index contributed by atoms with van der Waals surface area (Å²) in [6, 6.07) is 2.75. The van der Waals surface area contributed by atoms with Crippen molar-refractivity contribution in [2.45, 2.75) is 43.7 Å². The van der Waals surface area contributed by atoms with Gasteiger partial charge in [-0.2, -0.15) is 13.2 Å². The number of pyridine rings is 1. The maximum absolute atomic E-state index is 13.0. The zero-order valence-corrected chi connectivity index (χ0v) is 19.8. The molecule has 1 aliphatic rings. The number of nitrogens with one attached hydrogen (secondary N) is 3. The summed E-state index contributed by atoms with van der Waals surface area (Å²) in [4.78, 5) is 16.7. The predicted octanol–water partition coefficient (Wildman–Crippen LogP) is 2.93. The third-order valence-electron chi connectivity index (χ3n) is 5.46. The van der Waals surface area contributed by atoms with Crippen molar-refractivity contribution >= 4 is 38.0 Å². The summed E-state index contributed by atoms with van der Waals surface area (Å²) in [5.74, 6) is -2.05. The lowest BCUT2D eigenvalue weighted by Gasteiger charge is -2.23. The Balaban J connectivity index is 1.94. The van der Waals surface area contributed by atoms with E-state index in [1.807, 2.05) is 5.32 Å². The van der Waals surface area contributed by atoms with Crippen LogP contribution in [0.2, 0.25) is 0 Å². The molecule has 0 aliphatic carbocycles. The Kier molecular flexibility index (Phi) is 7.25. The molecule has 16 heteroatoms. The molecule has 1 unspecified atom stereocenters. The summed E-state index contributed by atoms with van der Waals surface area (Å²) in [6.07, 6.45) is -10.6. The van der Waals surface area contributed by atoms with Crippen LogP contribution in [-0.2, 0) is 9.84 Å². The molecule has 5 N–H and O–H groups in total. The zero-order chi connectivity index (χ0) is 27.1. The summed E-state index contributed by atoms with van der Waals surface area (Å²) in [6.45, 7) is 1.57. The fourth-order valence-corrected chi connectivity index (χ4v) is 4.83. The Hall–Kier alpha value is -3.01. The van der Waals surface area contributed by atoms with Crippen LogP contribution in [0.3, 0.4) is 0 Å². The van der Waals surface area contributed by atoms with Gasteiger partial charge in [0.05, 0.1) is 16.7 Å². The van der Waals surface area contributed by atoms with Crippen LogP contribution >= 0.6 is 0 Å². The first kappa shape index (κ1) is 27.6. The number of benzene rings is 1. The van der Waals surface area contributed by atoms with E-state index in [9.17, 15) is 39.6 Å². The average molecular weight is 543 g/mol. The Morgan fingerprint density at radius 3 is 2.50 bits per heavy atom. The molecule has 1 aromatic carbocycles. The number of anilines is 2. The van der Waals surface area contributed by atoms with E-state index in [0.717, 1.165) is 12.1 Å². The number of carbonyl (C=O) groups is 1. The maximum atomic E-state index is 13.0. The molecule has 9 nitrogen and oxygen atoms in total. The first-order valence-electron chi connectivity index (χ1n) is 10.4. The van der Waals surface area contributed by atoms with Crippen LogP contribution in [0.25, 0.3) is 10.9 Å². The Labute approximate surface area is 201 Å². The predicted molar refractivity (Wildman–Crippen MR) is 119 cm³/mol. The topological polar surface area (TPSA) is 135 Å². The number of carbonyl (C=O) groups excluding carboxylic acids is 1. The lowest BCUT2D eigenvalue weighted by atomic mass is 10.1. The van der Waals surface area contributed by atoms with E-state index in [4.69, 9.17) is 5.73 Å². The number of nitrogens with two attached hydrogens (primary N) is 1. The summed E-state index contributed by atoms with van der Waals surface area (Å²) in [5.41, 5.74) is 4.38. The van der Waals surface area contributed by atoms with Crippen molar-refractivity contribution in [3.05, 3.63) is 23.9 Å². The third kappa shape index (κ3) is 6.60. The Morgan fingerprint density at radius 1 is 1.22 bits per heavy atom. The summed E-state index contributed by atoms with van der Waals surface area (Å²) in [5, 5.41) is 7.20. The van der Waals surface area contributed by atoms with Crippen LogP contribution in [0.5, 0.6) is 5.75 Å². The Bertz CT molecular complexity index is 1260. The first-order valence-corrected chi connectivity index (χ1v) is 12.1. The standard InChI is InChI=1S/C20H23F6N5O4S/c1-18(2)8-29-15(3-4-36(18,33)34)31-17(32)13-7-12(27)11-5-10(28-9-19(21,22)23)6-14(16(11)30-13)35-20(24,25)26/h5-7,15,28-29H,3-4,8-9H2,1-2H3,(H2,27,30)(H,31,32). The number of hydrogen-bond donors (Lipinski definition) is 4. The fourth-order valence-electron chi connectivity index (χ4n) is 3.43. The van der Waals surface area contributed by atoms with E-state index in [1.54, 1.807) is 0 Å². The Morgan fingerprint density at radius 2 is 1.89 bits per heavy atom. The molecule has 1 amide bonds. The second-order valence-electron chi connectivity index (χ2n) is 8.76. The second-order valence-corrected chi connectivity index (χ2v) is 11.5. The van der Waals surface area contributed by atoms with Crippen molar-refractivity contribution in [3.63, 3.8) is 0 Å². The second kappa shape index (κ2) is 9.46. The lowest BCUT2D eigenvalue weighted by Crippen LogP contribution is -2.48. The van der Waals surface area contributed by atoms with E-state index < -0.39 is 62.7 Å². The molecule has 200 valence electrons. The van der Waals surface area contributed by atoms with Gasteiger partial charge in [-0.25, -0.2) is 13.4 Å². The number of aromatic nitrogens is 1. The minimum atomic E-state index is -5.22. The SMILES string of the molecule is CC1(C)CNC(NC(=O)c2cc(N)c3cc(NCC(F)(F)F)cc(OC(F)(F)F)c3n2)CCS1(=O)=O. The number of hydrogen-bond acceptors (Lipinski definition) is 8. The molecular formula is C20H23F6N5O4S. The van der Waals surface area contributed by atoms with Gasteiger partial charge in [-0.05, 0) is 32.4 Å². The van der Waals surface area contributed by atoms with E-state index in [1.165, 1.54) is 13.8 Å². The summed E-state index contributed by atoms with van der Waals surface area (Å²) >= 11 is 0. The van der Waals surface area contributed by atoms with E-state index in [0.29, 0.717) is 6.07 Å². The van der Waals surface area contributed by atoms with Gasteiger partial charge in [0.2, 0.25) is 0 Å². The molecule has 3 rings (SSSR count). The number of ether oxygens (including phenoxy) is 1. The molecule has 0 saturated carbocycles. The summed E-state index contributed by atoms with van der Waals surface area (Å²) < 4.78 is 104. The van der Waals surface area contributed by atoms with Crippen LogP contribution in [0.15, 0.2) is 18.2 Å². The maximum Gasteiger partial charge on any atom is 0.573 e. The van der Waals surface area contributed by atoms with Crippen LogP contribution in [-0.4, -0.2) is 61.6 Å². The average Bonchev–Trinajstić information content (AvgIpc) is 2.82. The van der Waals surface area contributed by atoms with Crippen molar-refractivity contribution in [1.82, 2.24) is 15.6 Å². The minimum absolute atomic E-state index is 0.0250. The number of rotatable bonds is 5. The van der Waals surface area contributed by atoms with Gasteiger partial charge in [-0.15, -0.1) is 13.2 Å². The number of nitrogen functional groups attached to an aromatic ring is 1. The molecule has 0 bridgehead atoms. The van der Waals surface area contributed by atoms with Crippen LogP contribution in [0.4, 0.5) is 37.7 Å². The van der Waals surface area contributed by atoms with Gasteiger partial charge in [-0.1, -0.05) is 0 Å². The van der Waals surface area contributed by atoms with Gasteiger partial charge < -0.3 is 21.1 Å². The molecule has 2 aromatic rings. The zero-order valence-electron chi connectivity index (χ0n) is 19.0. The van der Waals surface area contributed by atoms with Crippen molar-refractivity contribution in [3.8, 4) is 5.75 Å². The number of alkyl halides is 6. The first-order chi connectivity index (χ1) is 16.4. The quantitative estimate of drug-likeness (QED) is 0.423. The van der Waals surface area contributed by atoms with Crippen molar-refractivity contribution in [2.75, 3.05) is 29.9 Å². The van der Waals surface area contributed by atoms with E-state index >= 15 is 0 Å². The number of halogens is 6. The minimum Gasteiger partial charge on any atom is -0.403 e. The van der Waals surface area contributed by atoms with Gasteiger partial charge in [-0.3, -0.25) is 10.1 Å². The third-order valence-corrected chi connectivity index (χ3v) is 8.06. The highest BCUT2D eigenvalue weighted by Gasteiger charge is 2.38. The summed E-state index contributed by atoms with van der Waals surface area (Å²) in [7, 11) is -3.46. The number of fused-ring (bicyclic) bond motifs is 1. The molecule has 1 saturated heterocycles. The van der Waals surface area contributed by atoms with Crippen molar-refractivity contribution < 1.29 is 44.3 Å². The highest BCUT2D eigenvalue weighted by Crippen LogP contribution is 2.36. The van der Waals surface area contributed by atoms with Gasteiger partial charge in [0.15, 0.2) is 15.6 Å². The van der Waals surface area contributed by atoms with Crippen LogP contribution in [0, 0.1) is 0 Å². The largest absolute Gasteiger partial charge is 0.573 e. The smallest absolute Gasteiger partial charge is 0.403 e. The molecule has 1 fully saturated rings. The number of nitrogens with zero attached hydrogens (tertiary/aromatic N) is 1. The highest BCUT2D eigenvalue weighted by atomic mass is 32.2. The molecular weight excluding hydrogens is 520 g/mol. The van der Waals surface area contributed by atoms with Gasteiger partial charge in [0.1, 0.15) is 17.8 Å². The van der Waals surface area contributed by atoms with Crippen molar-refractivity contribution in [2.24, 2.45) is 0 Å². The molecule has 0 radical (unpaired) electrons. The molecule has 1 aliphatic heterocycles. The number of sulfone groups is 1. The molecule has 2 heterocycles. The molecule has 0 spiro atoms. The van der Waals surface area contributed by atoms with E-state index in [-0.39, 0.29) is 35.5 Å². The molecule has 1 atom stereocenters. The van der Waals surface area contributed by atoms with Gasteiger partial charge in [0, 0.05) is 29.4 Å². The van der Waals surface area contributed by atoms with Crippen LogP contribution < -0.4 is 26.4 Å². The normalized spacial score (nSPS) is 19.9. The number of amides is 1. The van der Waals surface area contributed by atoms with Crippen molar-refractivity contribution in [1.29, 1.82) is 0 Å². The van der Waals surface area contributed by atoms with Crippen LogP contribution in [0.1, 0.15) is 30.8 Å². The van der Waals surface area contributed by atoms with Gasteiger partial charge in [0.25, 0.3) is 5.91 Å². The lowest BCUT2D eigenvalue weighted by molar-refractivity contribution is -0.274.